The van der Waals surface area contributed by atoms with E-state index in [1.807, 2.05) is 0 Å². The summed E-state index contributed by atoms with van der Waals surface area (Å²) in [5.41, 5.74) is 1.16. The molecule has 0 amide bonds. The molecule has 0 unspecified atom stereocenters. The minimum atomic E-state index is -0.489. The lowest BCUT2D eigenvalue weighted by atomic mass is 10.2. The predicted octanol–water partition coefficient (Wildman–Crippen LogP) is 2.44. The number of aromatic nitrogens is 2. The predicted molar refractivity (Wildman–Crippen MR) is 75.6 cm³/mol. The van der Waals surface area contributed by atoms with Crippen molar-refractivity contribution in [1.82, 2.24) is 9.78 Å². The number of nitro groups is 1. The molecular formula is C14H15N3O4. The molecule has 0 N–H and O–H groups in total. The van der Waals surface area contributed by atoms with Crippen molar-refractivity contribution >= 4 is 11.5 Å². The molecule has 0 saturated carbocycles. The number of Topliss-reactive ketones (excluding diaryl/α,β-unsaturated/α-hetero) is 1. The van der Waals surface area contributed by atoms with Crippen LogP contribution in [0.3, 0.4) is 0 Å². The lowest BCUT2D eigenvalue weighted by Gasteiger charge is -2.05. The van der Waals surface area contributed by atoms with Crippen LogP contribution in [0.5, 0.6) is 5.75 Å². The van der Waals surface area contributed by atoms with Gasteiger partial charge in [0.1, 0.15) is 0 Å². The highest BCUT2D eigenvalue weighted by Crippen LogP contribution is 2.27. The van der Waals surface area contributed by atoms with Crippen LogP contribution in [0.1, 0.15) is 29.3 Å². The number of hydrogen-bond acceptors (Lipinski definition) is 5. The Morgan fingerprint density at radius 1 is 1.48 bits per heavy atom. The van der Waals surface area contributed by atoms with E-state index in [1.165, 1.54) is 19.4 Å². The summed E-state index contributed by atoms with van der Waals surface area (Å²) in [6, 6.07) is 4.73. The number of methoxy groups -OCH3 is 1. The summed E-state index contributed by atoms with van der Waals surface area (Å²) in [5.74, 6) is 0.230. The first-order valence-electron chi connectivity index (χ1n) is 6.42. The SMILES string of the molecule is CCC(=O)c1cnn(Cc2ccc(OC)c([N+](=O)[O-])c2)c1. The highest BCUT2D eigenvalue weighted by Gasteiger charge is 2.15. The number of carbonyl (C=O) groups is 1. The number of hydrogen-bond donors (Lipinski definition) is 0. The van der Waals surface area contributed by atoms with Crippen molar-refractivity contribution in [1.29, 1.82) is 0 Å². The molecule has 110 valence electrons. The van der Waals surface area contributed by atoms with Gasteiger partial charge in [0.05, 0.1) is 30.3 Å². The maximum Gasteiger partial charge on any atom is 0.311 e. The van der Waals surface area contributed by atoms with E-state index in [0.29, 0.717) is 24.1 Å². The normalized spacial score (nSPS) is 10.4. The summed E-state index contributed by atoms with van der Waals surface area (Å²) >= 11 is 0. The van der Waals surface area contributed by atoms with E-state index in [-0.39, 0.29) is 17.2 Å². The second-order valence-corrected chi connectivity index (χ2v) is 4.47. The van der Waals surface area contributed by atoms with Gasteiger partial charge in [-0.25, -0.2) is 0 Å². The molecular weight excluding hydrogens is 274 g/mol. The van der Waals surface area contributed by atoms with Crippen molar-refractivity contribution in [3.63, 3.8) is 0 Å². The van der Waals surface area contributed by atoms with Gasteiger partial charge in [-0.1, -0.05) is 13.0 Å². The monoisotopic (exact) mass is 289 g/mol. The Morgan fingerprint density at radius 3 is 2.86 bits per heavy atom. The average Bonchev–Trinajstić information content (AvgIpc) is 2.94. The van der Waals surface area contributed by atoms with Crippen LogP contribution in [-0.2, 0) is 6.54 Å². The number of carbonyl (C=O) groups excluding carboxylic acids is 1. The molecule has 0 aliphatic rings. The number of nitrogens with zero attached hydrogens (tertiary/aromatic N) is 3. The maximum absolute atomic E-state index is 11.5. The van der Waals surface area contributed by atoms with Gasteiger partial charge in [0.2, 0.25) is 0 Å². The van der Waals surface area contributed by atoms with E-state index in [0.717, 1.165) is 0 Å². The van der Waals surface area contributed by atoms with Crippen molar-refractivity contribution in [3.8, 4) is 5.75 Å². The average molecular weight is 289 g/mol. The lowest BCUT2D eigenvalue weighted by molar-refractivity contribution is -0.385. The Kier molecular flexibility index (Phi) is 4.32. The summed E-state index contributed by atoms with van der Waals surface area (Å²) in [5, 5.41) is 15.1. The molecule has 0 aliphatic carbocycles. The summed E-state index contributed by atoms with van der Waals surface area (Å²) in [6.45, 7) is 2.13. The molecule has 0 fully saturated rings. The van der Waals surface area contributed by atoms with Crippen molar-refractivity contribution in [2.75, 3.05) is 7.11 Å². The van der Waals surface area contributed by atoms with Gasteiger partial charge in [0.15, 0.2) is 11.5 Å². The summed E-state index contributed by atoms with van der Waals surface area (Å²) in [4.78, 5) is 22.0. The minimum absolute atomic E-state index is 0.0157. The zero-order valence-electron chi connectivity index (χ0n) is 11.8. The Hall–Kier alpha value is -2.70. The van der Waals surface area contributed by atoms with Crippen LogP contribution in [0.4, 0.5) is 5.69 Å². The molecule has 0 atom stereocenters. The molecule has 0 radical (unpaired) electrons. The molecule has 0 aliphatic heterocycles. The van der Waals surface area contributed by atoms with Crippen LogP contribution in [0.25, 0.3) is 0 Å². The smallest absolute Gasteiger partial charge is 0.311 e. The van der Waals surface area contributed by atoms with Crippen molar-refractivity contribution in [2.24, 2.45) is 0 Å². The molecule has 2 rings (SSSR count). The van der Waals surface area contributed by atoms with E-state index in [1.54, 1.807) is 29.9 Å². The van der Waals surface area contributed by atoms with E-state index < -0.39 is 4.92 Å². The minimum Gasteiger partial charge on any atom is -0.490 e. The van der Waals surface area contributed by atoms with E-state index >= 15 is 0 Å². The van der Waals surface area contributed by atoms with Crippen LogP contribution in [-0.4, -0.2) is 27.6 Å². The van der Waals surface area contributed by atoms with Gasteiger partial charge in [-0.2, -0.15) is 5.10 Å². The molecule has 1 heterocycles. The summed E-state index contributed by atoms with van der Waals surface area (Å²) < 4.78 is 6.53. The first kappa shape index (κ1) is 14.7. The zero-order chi connectivity index (χ0) is 15.4. The summed E-state index contributed by atoms with van der Waals surface area (Å²) in [6.07, 6.45) is 3.56. The molecule has 7 heteroatoms. The van der Waals surface area contributed by atoms with Crippen molar-refractivity contribution in [2.45, 2.75) is 19.9 Å². The molecule has 0 bridgehead atoms. The number of nitro benzene ring substituents is 1. The fourth-order valence-corrected chi connectivity index (χ4v) is 1.96. The van der Waals surface area contributed by atoms with Gasteiger partial charge in [0, 0.05) is 18.7 Å². The number of ketones is 1. The quantitative estimate of drug-likeness (QED) is 0.463. The van der Waals surface area contributed by atoms with Gasteiger partial charge in [0.25, 0.3) is 0 Å². The Balaban J connectivity index is 2.23. The van der Waals surface area contributed by atoms with Crippen molar-refractivity contribution < 1.29 is 14.5 Å². The molecule has 7 nitrogen and oxygen atoms in total. The third-order valence-electron chi connectivity index (χ3n) is 3.06. The molecule has 2 aromatic rings. The number of benzene rings is 1. The second kappa shape index (κ2) is 6.17. The van der Waals surface area contributed by atoms with Crippen LogP contribution < -0.4 is 4.74 Å². The molecule has 0 saturated heterocycles. The highest BCUT2D eigenvalue weighted by atomic mass is 16.6. The Bertz CT molecular complexity index is 679. The zero-order valence-corrected chi connectivity index (χ0v) is 11.8. The largest absolute Gasteiger partial charge is 0.490 e. The first-order chi connectivity index (χ1) is 10.0. The van der Waals surface area contributed by atoms with Gasteiger partial charge in [-0.05, 0) is 11.6 Å². The number of ether oxygens (including phenoxy) is 1. The standard InChI is InChI=1S/C14H15N3O4/c1-3-13(18)11-7-15-16(9-11)8-10-4-5-14(21-2)12(6-10)17(19)20/h4-7,9H,3,8H2,1-2H3. The maximum atomic E-state index is 11.5. The van der Waals surface area contributed by atoms with Gasteiger partial charge < -0.3 is 4.74 Å². The van der Waals surface area contributed by atoms with Gasteiger partial charge in [-0.3, -0.25) is 19.6 Å². The topological polar surface area (TPSA) is 87.3 Å². The van der Waals surface area contributed by atoms with E-state index in [9.17, 15) is 14.9 Å². The van der Waals surface area contributed by atoms with E-state index in [2.05, 4.69) is 5.10 Å². The van der Waals surface area contributed by atoms with Crippen LogP contribution >= 0.6 is 0 Å². The lowest BCUT2D eigenvalue weighted by Crippen LogP contribution is -2.02. The van der Waals surface area contributed by atoms with E-state index in [4.69, 9.17) is 4.74 Å². The van der Waals surface area contributed by atoms with Crippen LogP contribution in [0.15, 0.2) is 30.6 Å². The van der Waals surface area contributed by atoms with Crippen molar-refractivity contribution in [3.05, 3.63) is 51.8 Å². The molecule has 1 aromatic heterocycles. The van der Waals surface area contributed by atoms with Crippen LogP contribution in [0.2, 0.25) is 0 Å². The van der Waals surface area contributed by atoms with Crippen LogP contribution in [0, 0.1) is 10.1 Å². The second-order valence-electron chi connectivity index (χ2n) is 4.47. The highest BCUT2D eigenvalue weighted by molar-refractivity contribution is 5.95. The molecule has 0 spiro atoms. The number of rotatable bonds is 6. The summed E-state index contributed by atoms with van der Waals surface area (Å²) in [7, 11) is 1.39. The molecule has 1 aromatic carbocycles. The van der Waals surface area contributed by atoms with Gasteiger partial charge in [-0.15, -0.1) is 0 Å². The third kappa shape index (κ3) is 3.25. The fourth-order valence-electron chi connectivity index (χ4n) is 1.96. The Labute approximate surface area is 121 Å². The fraction of sp³-hybridized carbons (Fsp3) is 0.286. The first-order valence-corrected chi connectivity index (χ1v) is 6.42. The van der Waals surface area contributed by atoms with Gasteiger partial charge >= 0.3 is 5.69 Å². The molecule has 21 heavy (non-hydrogen) atoms. The Morgan fingerprint density at radius 2 is 2.24 bits per heavy atom. The third-order valence-corrected chi connectivity index (χ3v) is 3.06.